The molecule has 0 saturated carbocycles. The summed E-state index contributed by atoms with van der Waals surface area (Å²) in [5, 5.41) is 11.5. The lowest BCUT2D eigenvalue weighted by Crippen LogP contribution is -2.44. The van der Waals surface area contributed by atoms with Crippen molar-refractivity contribution in [1.82, 2.24) is 15.1 Å². The zero-order valence-corrected chi connectivity index (χ0v) is 20.4. The highest BCUT2D eigenvalue weighted by Crippen LogP contribution is 2.28. The smallest absolute Gasteiger partial charge is 0.237 e. The van der Waals surface area contributed by atoms with Crippen LogP contribution in [0.1, 0.15) is 38.2 Å². The maximum absolute atomic E-state index is 14.1. The van der Waals surface area contributed by atoms with E-state index < -0.39 is 11.6 Å². The predicted molar refractivity (Wildman–Crippen MR) is 132 cm³/mol. The second-order valence-corrected chi connectivity index (χ2v) is 9.70. The lowest BCUT2D eigenvalue weighted by molar-refractivity contribution is -0.131. The van der Waals surface area contributed by atoms with Crippen LogP contribution < -0.4 is 5.32 Å². The van der Waals surface area contributed by atoms with Gasteiger partial charge in [-0.05, 0) is 50.0 Å². The quantitative estimate of drug-likeness (QED) is 0.552. The molecule has 3 rings (SSSR count). The maximum Gasteiger partial charge on any atom is 0.237 e. The number of rotatable bonds is 8. The average molecular weight is 477 g/mol. The molecule has 5 nitrogen and oxygen atoms in total. The number of hydrogen-bond acceptors (Lipinski definition) is 5. The van der Waals surface area contributed by atoms with Crippen LogP contribution in [0.2, 0.25) is 0 Å². The lowest BCUT2D eigenvalue weighted by Gasteiger charge is -2.30. The Hall–Kier alpha value is -2.19. The summed E-state index contributed by atoms with van der Waals surface area (Å²) in [6.07, 6.45) is 4.64. The van der Waals surface area contributed by atoms with Gasteiger partial charge in [0.1, 0.15) is 11.6 Å². The SMILES string of the molecule is CCN(CC1=C(NC)C/C(=C\C(=N)c2c(F)cccc2F)CCC1)C(=O)CN1CCSCC1. The molecule has 2 N–H and O–H groups in total. The zero-order chi connectivity index (χ0) is 23.8. The molecule has 33 heavy (non-hydrogen) atoms. The third kappa shape index (κ3) is 6.90. The van der Waals surface area contributed by atoms with Gasteiger partial charge < -0.3 is 15.6 Å². The van der Waals surface area contributed by atoms with Gasteiger partial charge in [0.2, 0.25) is 5.91 Å². The minimum absolute atomic E-state index is 0.149. The molecule has 0 unspecified atom stereocenters. The number of allylic oxidation sites excluding steroid dienone is 2. The van der Waals surface area contributed by atoms with E-state index in [2.05, 4.69) is 10.2 Å². The van der Waals surface area contributed by atoms with Crippen molar-refractivity contribution in [2.24, 2.45) is 0 Å². The number of benzene rings is 1. The molecule has 0 spiro atoms. The Kier molecular flexibility index (Phi) is 9.50. The molecule has 8 heteroatoms. The van der Waals surface area contributed by atoms with E-state index in [0.29, 0.717) is 26.1 Å². The summed E-state index contributed by atoms with van der Waals surface area (Å²) in [6.45, 7) is 5.63. The molecule has 1 aliphatic heterocycles. The molecule has 2 aliphatic rings. The summed E-state index contributed by atoms with van der Waals surface area (Å²) < 4.78 is 28.2. The number of hydrogen-bond donors (Lipinski definition) is 2. The van der Waals surface area contributed by atoms with Gasteiger partial charge in [-0.2, -0.15) is 11.8 Å². The van der Waals surface area contributed by atoms with E-state index in [1.165, 1.54) is 23.8 Å². The van der Waals surface area contributed by atoms with Crippen molar-refractivity contribution in [3.8, 4) is 0 Å². The Labute approximate surface area is 199 Å². The Morgan fingerprint density at radius 1 is 1.24 bits per heavy atom. The molecule has 1 aliphatic carbocycles. The van der Waals surface area contributed by atoms with Crippen LogP contribution in [-0.4, -0.2) is 72.7 Å². The van der Waals surface area contributed by atoms with Crippen LogP contribution >= 0.6 is 11.8 Å². The molecule has 0 bridgehead atoms. The number of amides is 1. The zero-order valence-electron chi connectivity index (χ0n) is 19.6. The highest BCUT2D eigenvalue weighted by molar-refractivity contribution is 7.99. The summed E-state index contributed by atoms with van der Waals surface area (Å²) in [4.78, 5) is 17.1. The minimum Gasteiger partial charge on any atom is -0.391 e. The second-order valence-electron chi connectivity index (χ2n) is 8.47. The third-order valence-electron chi connectivity index (χ3n) is 6.27. The molecule has 1 aromatic rings. The number of nitrogens with zero attached hydrogens (tertiary/aromatic N) is 2. The summed E-state index contributed by atoms with van der Waals surface area (Å²) in [5.41, 5.74) is 2.74. The number of halogens is 2. The Bertz CT molecular complexity index is 905. The van der Waals surface area contributed by atoms with Gasteiger partial charge in [0.25, 0.3) is 0 Å². The number of carbonyl (C=O) groups is 1. The average Bonchev–Trinajstić information content (AvgIpc) is 2.99. The van der Waals surface area contributed by atoms with E-state index in [-0.39, 0.29) is 17.2 Å². The molecule has 1 heterocycles. The summed E-state index contributed by atoms with van der Waals surface area (Å²) in [7, 11) is 1.86. The van der Waals surface area contributed by atoms with Crippen LogP contribution in [-0.2, 0) is 4.79 Å². The Morgan fingerprint density at radius 3 is 2.58 bits per heavy atom. The van der Waals surface area contributed by atoms with Gasteiger partial charge in [0.15, 0.2) is 0 Å². The van der Waals surface area contributed by atoms with Crippen LogP contribution in [0.25, 0.3) is 0 Å². The molecule has 0 radical (unpaired) electrons. The first-order valence-electron chi connectivity index (χ1n) is 11.6. The van der Waals surface area contributed by atoms with Crippen molar-refractivity contribution in [2.45, 2.75) is 32.6 Å². The number of likely N-dealkylation sites (N-methyl/N-ethyl adjacent to an activating group) is 1. The molecular formula is C25H34F2N4OS. The Balaban J connectivity index is 1.72. The van der Waals surface area contributed by atoms with Gasteiger partial charge in [0.05, 0.1) is 17.8 Å². The third-order valence-corrected chi connectivity index (χ3v) is 7.21. The van der Waals surface area contributed by atoms with Crippen molar-refractivity contribution in [2.75, 3.05) is 51.3 Å². The van der Waals surface area contributed by atoms with Crippen LogP contribution in [0.4, 0.5) is 8.78 Å². The van der Waals surface area contributed by atoms with Crippen molar-refractivity contribution < 1.29 is 13.6 Å². The molecule has 0 atom stereocenters. The van der Waals surface area contributed by atoms with Crippen LogP contribution in [0, 0.1) is 17.0 Å². The minimum atomic E-state index is -0.722. The standard InChI is InChI=1S/C25H34F2N4OS/c1-3-31(24(32)17-30-10-12-33-13-11-30)16-19-7-4-6-18(15-23(19)29-2)14-22(28)25-20(26)8-5-9-21(25)27/h5,8-9,14,28-29H,3-4,6-7,10-13,15-17H2,1-2H3/b18-14-,28-22?. The maximum atomic E-state index is 14.1. The first kappa shape index (κ1) is 25.4. The molecule has 1 fully saturated rings. The highest BCUT2D eigenvalue weighted by atomic mass is 32.2. The largest absolute Gasteiger partial charge is 0.391 e. The second kappa shape index (κ2) is 12.3. The first-order valence-corrected chi connectivity index (χ1v) is 12.8. The van der Waals surface area contributed by atoms with E-state index in [4.69, 9.17) is 5.41 Å². The summed E-state index contributed by atoms with van der Waals surface area (Å²) in [5.74, 6) is 0.870. The van der Waals surface area contributed by atoms with Gasteiger partial charge in [-0.3, -0.25) is 9.69 Å². The van der Waals surface area contributed by atoms with Crippen molar-refractivity contribution >= 4 is 23.4 Å². The molecule has 180 valence electrons. The van der Waals surface area contributed by atoms with E-state index in [1.54, 1.807) is 6.08 Å². The number of carbonyl (C=O) groups excluding carboxylic acids is 1. The van der Waals surface area contributed by atoms with Crippen LogP contribution in [0.5, 0.6) is 0 Å². The van der Waals surface area contributed by atoms with Crippen molar-refractivity contribution in [1.29, 1.82) is 5.41 Å². The number of thioether (sulfide) groups is 1. The van der Waals surface area contributed by atoms with Gasteiger partial charge in [-0.15, -0.1) is 0 Å². The van der Waals surface area contributed by atoms with Gasteiger partial charge in [0, 0.05) is 56.9 Å². The van der Waals surface area contributed by atoms with Crippen molar-refractivity contribution in [3.05, 3.63) is 58.3 Å². The fourth-order valence-electron chi connectivity index (χ4n) is 4.37. The van der Waals surface area contributed by atoms with E-state index in [9.17, 15) is 13.6 Å². The summed E-state index contributed by atoms with van der Waals surface area (Å²) in [6, 6.07) is 3.66. The predicted octanol–water partition coefficient (Wildman–Crippen LogP) is 4.20. The first-order chi connectivity index (χ1) is 15.9. The van der Waals surface area contributed by atoms with E-state index in [0.717, 1.165) is 55.1 Å². The van der Waals surface area contributed by atoms with Gasteiger partial charge >= 0.3 is 0 Å². The summed E-state index contributed by atoms with van der Waals surface area (Å²) >= 11 is 1.93. The fourth-order valence-corrected chi connectivity index (χ4v) is 5.35. The van der Waals surface area contributed by atoms with Gasteiger partial charge in [-0.25, -0.2) is 8.78 Å². The topological polar surface area (TPSA) is 59.4 Å². The number of nitrogens with one attached hydrogen (secondary N) is 2. The van der Waals surface area contributed by atoms with E-state index in [1.807, 2.05) is 30.6 Å². The molecule has 1 amide bonds. The monoisotopic (exact) mass is 476 g/mol. The molecule has 1 aromatic carbocycles. The fraction of sp³-hybridized carbons (Fsp3) is 0.520. The van der Waals surface area contributed by atoms with Crippen LogP contribution in [0.3, 0.4) is 0 Å². The molecule has 0 aromatic heterocycles. The molecular weight excluding hydrogens is 442 g/mol. The lowest BCUT2D eigenvalue weighted by atomic mass is 10.0. The molecule has 1 saturated heterocycles. The van der Waals surface area contributed by atoms with Crippen LogP contribution in [0.15, 0.2) is 41.1 Å². The van der Waals surface area contributed by atoms with Crippen molar-refractivity contribution in [3.63, 3.8) is 0 Å². The normalized spacial score (nSPS) is 18.8. The van der Waals surface area contributed by atoms with Gasteiger partial charge in [-0.1, -0.05) is 11.6 Å². The Morgan fingerprint density at radius 2 is 1.94 bits per heavy atom. The van der Waals surface area contributed by atoms with E-state index >= 15 is 0 Å². The highest BCUT2D eigenvalue weighted by Gasteiger charge is 2.22.